The number of benzene rings is 1. The molecule has 5 nitrogen and oxygen atoms in total. The number of halogens is 1. The van der Waals surface area contributed by atoms with Crippen molar-refractivity contribution in [3.8, 4) is 5.69 Å². The summed E-state index contributed by atoms with van der Waals surface area (Å²) in [5.41, 5.74) is 3.64. The van der Waals surface area contributed by atoms with Crippen molar-refractivity contribution >= 4 is 23.4 Å². The van der Waals surface area contributed by atoms with E-state index in [1.807, 2.05) is 51.1 Å². The number of carbonyl (C=O) groups excluding carboxylic acids is 2. The first-order valence-electron chi connectivity index (χ1n) is 9.77. The van der Waals surface area contributed by atoms with Crippen LogP contribution >= 0.6 is 11.6 Å². The van der Waals surface area contributed by atoms with Crippen molar-refractivity contribution in [2.24, 2.45) is 5.92 Å². The molecule has 3 rings (SSSR count). The number of aryl methyl sites for hydroxylation is 1. The molecule has 0 radical (unpaired) electrons. The van der Waals surface area contributed by atoms with Crippen LogP contribution in [0.1, 0.15) is 41.5 Å². The molecule has 1 aliphatic rings. The van der Waals surface area contributed by atoms with Crippen molar-refractivity contribution in [3.63, 3.8) is 0 Å². The molecular formula is C22H27ClN2O3. The fourth-order valence-electron chi connectivity index (χ4n) is 3.97. The van der Waals surface area contributed by atoms with Gasteiger partial charge in [-0.05, 0) is 70.5 Å². The van der Waals surface area contributed by atoms with E-state index in [1.165, 1.54) is 0 Å². The summed E-state index contributed by atoms with van der Waals surface area (Å²) >= 11 is 5.99. The number of aromatic nitrogens is 1. The topological polar surface area (TPSA) is 51.5 Å². The van der Waals surface area contributed by atoms with Crippen LogP contribution in [-0.4, -0.2) is 47.5 Å². The lowest BCUT2D eigenvalue weighted by molar-refractivity contribution is -0.149. The van der Waals surface area contributed by atoms with Gasteiger partial charge in [0.1, 0.15) is 0 Å². The Morgan fingerprint density at radius 2 is 1.93 bits per heavy atom. The molecule has 1 aliphatic heterocycles. The molecule has 1 atom stereocenters. The molecule has 150 valence electrons. The molecule has 0 unspecified atom stereocenters. The lowest BCUT2D eigenvalue weighted by atomic mass is 9.97. The van der Waals surface area contributed by atoms with Crippen LogP contribution < -0.4 is 0 Å². The monoisotopic (exact) mass is 402 g/mol. The highest BCUT2D eigenvalue weighted by Gasteiger charge is 2.28. The van der Waals surface area contributed by atoms with Gasteiger partial charge >= 0.3 is 5.97 Å². The van der Waals surface area contributed by atoms with Crippen LogP contribution in [0.25, 0.3) is 5.69 Å². The Balaban J connectivity index is 1.73. The van der Waals surface area contributed by atoms with Gasteiger partial charge in [0.15, 0.2) is 5.78 Å². The highest BCUT2D eigenvalue weighted by Crippen LogP contribution is 2.24. The Morgan fingerprint density at radius 1 is 1.21 bits per heavy atom. The number of hydrogen-bond acceptors (Lipinski definition) is 4. The van der Waals surface area contributed by atoms with E-state index < -0.39 is 0 Å². The molecule has 2 aromatic rings. The zero-order valence-electron chi connectivity index (χ0n) is 16.7. The minimum Gasteiger partial charge on any atom is -0.466 e. The minimum atomic E-state index is -0.152. The predicted octanol–water partition coefficient (Wildman–Crippen LogP) is 4.21. The van der Waals surface area contributed by atoms with Crippen LogP contribution in [0.15, 0.2) is 30.3 Å². The number of piperidine rings is 1. The molecule has 0 saturated carbocycles. The van der Waals surface area contributed by atoms with Crippen LogP contribution in [-0.2, 0) is 9.53 Å². The van der Waals surface area contributed by atoms with E-state index in [0.29, 0.717) is 24.7 Å². The number of likely N-dealkylation sites (tertiary alicyclic amines) is 1. The first-order valence-corrected chi connectivity index (χ1v) is 10.2. The van der Waals surface area contributed by atoms with Gasteiger partial charge in [-0.25, -0.2) is 0 Å². The standard InChI is InChI=1S/C22H27ClN2O3/c1-4-28-22(27)17-6-5-11-24(13-17)14-21(26)20-12-15(2)25(16(20)3)19-9-7-18(23)8-10-19/h7-10,12,17H,4-6,11,13-14H2,1-3H3/t17-/m0/s1. The summed E-state index contributed by atoms with van der Waals surface area (Å²) in [5, 5.41) is 0.684. The number of esters is 1. The molecule has 1 aromatic heterocycles. The Morgan fingerprint density at radius 3 is 2.61 bits per heavy atom. The van der Waals surface area contributed by atoms with Gasteiger partial charge in [0.2, 0.25) is 0 Å². The fraction of sp³-hybridized carbons (Fsp3) is 0.455. The number of hydrogen-bond donors (Lipinski definition) is 0. The van der Waals surface area contributed by atoms with Crippen LogP contribution in [0, 0.1) is 19.8 Å². The Bertz CT molecular complexity index is 857. The van der Waals surface area contributed by atoms with Gasteiger partial charge in [0.05, 0.1) is 19.1 Å². The number of carbonyl (C=O) groups is 2. The number of ketones is 1. The van der Waals surface area contributed by atoms with Gasteiger partial charge in [0.25, 0.3) is 0 Å². The van der Waals surface area contributed by atoms with E-state index in [2.05, 4.69) is 9.47 Å². The molecule has 2 heterocycles. The molecule has 0 bridgehead atoms. The lowest BCUT2D eigenvalue weighted by Crippen LogP contribution is -2.41. The highest BCUT2D eigenvalue weighted by molar-refractivity contribution is 6.30. The lowest BCUT2D eigenvalue weighted by Gasteiger charge is -2.30. The van der Waals surface area contributed by atoms with E-state index >= 15 is 0 Å². The maximum absolute atomic E-state index is 13.0. The fourth-order valence-corrected chi connectivity index (χ4v) is 4.10. The second-order valence-corrected chi connectivity index (χ2v) is 7.78. The normalized spacial score (nSPS) is 17.5. The van der Waals surface area contributed by atoms with Gasteiger partial charge < -0.3 is 9.30 Å². The summed E-state index contributed by atoms with van der Waals surface area (Å²) in [6, 6.07) is 9.54. The molecule has 1 saturated heterocycles. The molecule has 0 amide bonds. The molecule has 0 aliphatic carbocycles. The first kappa shape index (κ1) is 20.6. The predicted molar refractivity (Wildman–Crippen MR) is 110 cm³/mol. The maximum Gasteiger partial charge on any atom is 0.310 e. The molecule has 6 heteroatoms. The summed E-state index contributed by atoms with van der Waals surface area (Å²) in [6.45, 7) is 7.91. The Labute approximate surface area is 171 Å². The van der Waals surface area contributed by atoms with E-state index in [4.69, 9.17) is 16.3 Å². The number of nitrogens with zero attached hydrogens (tertiary/aromatic N) is 2. The van der Waals surface area contributed by atoms with Crippen LogP contribution in [0.3, 0.4) is 0 Å². The molecule has 0 spiro atoms. The summed E-state index contributed by atoms with van der Waals surface area (Å²) < 4.78 is 7.22. The van der Waals surface area contributed by atoms with Crippen molar-refractivity contribution in [2.75, 3.05) is 26.2 Å². The second-order valence-electron chi connectivity index (χ2n) is 7.35. The third kappa shape index (κ3) is 4.47. The molecule has 1 aromatic carbocycles. The number of rotatable bonds is 6. The zero-order valence-corrected chi connectivity index (χ0v) is 17.5. The van der Waals surface area contributed by atoms with Crippen LogP contribution in [0.4, 0.5) is 0 Å². The summed E-state index contributed by atoms with van der Waals surface area (Å²) in [6.07, 6.45) is 1.73. The average molecular weight is 403 g/mol. The molecule has 28 heavy (non-hydrogen) atoms. The largest absolute Gasteiger partial charge is 0.466 e. The summed E-state index contributed by atoms with van der Waals surface area (Å²) in [7, 11) is 0. The first-order chi connectivity index (χ1) is 13.4. The van der Waals surface area contributed by atoms with Gasteiger partial charge in [-0.3, -0.25) is 14.5 Å². The minimum absolute atomic E-state index is 0.0813. The Hall–Kier alpha value is -2.11. The average Bonchev–Trinajstić information content (AvgIpc) is 2.97. The molecule has 1 fully saturated rings. The van der Waals surface area contributed by atoms with Gasteiger partial charge in [-0.15, -0.1) is 0 Å². The van der Waals surface area contributed by atoms with E-state index in [9.17, 15) is 9.59 Å². The summed E-state index contributed by atoms with van der Waals surface area (Å²) in [4.78, 5) is 27.1. The van der Waals surface area contributed by atoms with Gasteiger partial charge in [-0.1, -0.05) is 11.6 Å². The van der Waals surface area contributed by atoms with Crippen LogP contribution in [0.2, 0.25) is 5.02 Å². The highest BCUT2D eigenvalue weighted by atomic mass is 35.5. The number of ether oxygens (including phenoxy) is 1. The van der Waals surface area contributed by atoms with Crippen molar-refractivity contribution in [1.82, 2.24) is 9.47 Å². The van der Waals surface area contributed by atoms with E-state index in [1.54, 1.807) is 0 Å². The van der Waals surface area contributed by atoms with Gasteiger partial charge in [0, 0.05) is 34.2 Å². The molecule has 0 N–H and O–H groups in total. The summed E-state index contributed by atoms with van der Waals surface area (Å²) in [5.74, 6) is -0.207. The van der Waals surface area contributed by atoms with E-state index in [0.717, 1.165) is 42.0 Å². The van der Waals surface area contributed by atoms with Gasteiger partial charge in [-0.2, -0.15) is 0 Å². The Kier molecular flexibility index (Phi) is 6.57. The van der Waals surface area contributed by atoms with Crippen molar-refractivity contribution in [2.45, 2.75) is 33.6 Å². The van der Waals surface area contributed by atoms with Crippen molar-refractivity contribution in [3.05, 3.63) is 52.3 Å². The van der Waals surface area contributed by atoms with Crippen LogP contribution in [0.5, 0.6) is 0 Å². The smallest absolute Gasteiger partial charge is 0.310 e. The van der Waals surface area contributed by atoms with Crippen molar-refractivity contribution < 1.29 is 14.3 Å². The SMILES string of the molecule is CCOC(=O)[C@H]1CCCN(CC(=O)c2cc(C)n(-c3ccc(Cl)cc3)c2C)C1. The second kappa shape index (κ2) is 8.93. The van der Waals surface area contributed by atoms with Crippen molar-refractivity contribution in [1.29, 1.82) is 0 Å². The third-order valence-corrected chi connectivity index (χ3v) is 5.56. The van der Waals surface area contributed by atoms with E-state index in [-0.39, 0.29) is 17.7 Å². The quantitative estimate of drug-likeness (QED) is 0.536. The third-order valence-electron chi connectivity index (χ3n) is 5.31. The molecular weight excluding hydrogens is 376 g/mol. The maximum atomic E-state index is 13.0. The zero-order chi connectivity index (χ0) is 20.3. The number of Topliss-reactive ketones (excluding diaryl/α,β-unsaturated/α-hetero) is 1.